The Balaban J connectivity index is 2.31. The van der Waals surface area contributed by atoms with Crippen molar-refractivity contribution >= 4 is 22.6 Å². The Hall–Kier alpha value is -2.48. The van der Waals surface area contributed by atoms with E-state index in [1.165, 1.54) is 0 Å². The maximum Gasteiger partial charge on any atom is 0.305 e. The maximum absolute atomic E-state index is 10.4. The number of nitrogens with zero attached hydrogens (tertiary/aromatic N) is 1. The lowest BCUT2D eigenvalue weighted by atomic mass is 10.2. The van der Waals surface area contributed by atoms with E-state index in [1.54, 1.807) is 6.07 Å². The molecule has 0 aliphatic rings. The fourth-order valence-electron chi connectivity index (χ4n) is 1.59. The van der Waals surface area contributed by atoms with Gasteiger partial charge in [0.1, 0.15) is 11.7 Å². The summed E-state index contributed by atoms with van der Waals surface area (Å²) < 4.78 is 5.33. The molecule has 0 atom stereocenters. The largest absolute Gasteiger partial charge is 0.481 e. The highest BCUT2D eigenvalue weighted by Gasteiger charge is 2.12. The van der Waals surface area contributed by atoms with Crippen molar-refractivity contribution in [2.75, 3.05) is 11.9 Å². The van der Waals surface area contributed by atoms with Gasteiger partial charge < -0.3 is 14.8 Å². The smallest absolute Gasteiger partial charge is 0.305 e. The van der Waals surface area contributed by atoms with Crippen LogP contribution in [0.2, 0.25) is 0 Å². The van der Waals surface area contributed by atoms with E-state index in [9.17, 15) is 4.79 Å². The molecule has 0 amide bonds. The zero-order valence-electron chi connectivity index (χ0n) is 8.93. The van der Waals surface area contributed by atoms with E-state index in [2.05, 4.69) is 5.32 Å². The number of nitriles is 1. The number of carboxylic acids is 1. The molecule has 0 unspecified atom stereocenters. The number of furan rings is 1. The second kappa shape index (κ2) is 4.58. The van der Waals surface area contributed by atoms with E-state index in [-0.39, 0.29) is 18.7 Å². The Kier molecular flexibility index (Phi) is 2.97. The Labute approximate surface area is 97.3 Å². The SMILES string of the molecule is N#Cc1oc2ccccc2c1NCCC(=O)O. The van der Waals surface area contributed by atoms with Crippen LogP contribution in [-0.2, 0) is 4.79 Å². The molecule has 0 bridgehead atoms. The topological polar surface area (TPSA) is 86.3 Å². The predicted molar refractivity (Wildman–Crippen MR) is 61.7 cm³/mol. The van der Waals surface area contributed by atoms with Gasteiger partial charge >= 0.3 is 5.97 Å². The van der Waals surface area contributed by atoms with Crippen molar-refractivity contribution in [1.29, 1.82) is 5.26 Å². The summed E-state index contributed by atoms with van der Waals surface area (Å²) in [6.45, 7) is 0.257. The number of hydrogen-bond donors (Lipinski definition) is 2. The van der Waals surface area contributed by atoms with Crippen molar-refractivity contribution in [2.24, 2.45) is 0 Å². The summed E-state index contributed by atoms with van der Waals surface area (Å²) in [6, 6.07) is 9.18. The minimum atomic E-state index is -0.885. The van der Waals surface area contributed by atoms with Gasteiger partial charge in [0.25, 0.3) is 0 Å². The molecule has 0 aliphatic heterocycles. The molecule has 0 saturated carbocycles. The van der Waals surface area contributed by atoms with Gasteiger partial charge in [0.05, 0.1) is 12.1 Å². The first kappa shape index (κ1) is 11.0. The summed E-state index contributed by atoms with van der Waals surface area (Å²) in [4.78, 5) is 10.4. The number of nitrogens with one attached hydrogen (secondary N) is 1. The summed E-state index contributed by atoms with van der Waals surface area (Å²) in [5.41, 5.74) is 1.17. The van der Waals surface area contributed by atoms with Gasteiger partial charge in [0.15, 0.2) is 0 Å². The van der Waals surface area contributed by atoms with E-state index >= 15 is 0 Å². The van der Waals surface area contributed by atoms with Crippen LogP contribution in [0.4, 0.5) is 5.69 Å². The Morgan fingerprint density at radius 3 is 2.94 bits per heavy atom. The molecule has 86 valence electrons. The highest BCUT2D eigenvalue weighted by Crippen LogP contribution is 2.29. The molecule has 0 radical (unpaired) electrons. The standard InChI is InChI=1S/C12H10N2O3/c13-7-10-12(14-6-5-11(15)16)8-3-1-2-4-9(8)17-10/h1-4,14H,5-6H2,(H,15,16). The number of hydrogen-bond acceptors (Lipinski definition) is 4. The zero-order valence-corrected chi connectivity index (χ0v) is 8.93. The third-order valence-corrected chi connectivity index (χ3v) is 2.34. The van der Waals surface area contributed by atoms with Crippen LogP contribution >= 0.6 is 0 Å². The third-order valence-electron chi connectivity index (χ3n) is 2.34. The monoisotopic (exact) mass is 230 g/mol. The van der Waals surface area contributed by atoms with Gasteiger partial charge in [-0.25, -0.2) is 0 Å². The van der Waals surface area contributed by atoms with Crippen molar-refractivity contribution in [3.8, 4) is 6.07 Å². The second-order valence-electron chi connectivity index (χ2n) is 3.48. The zero-order chi connectivity index (χ0) is 12.3. The van der Waals surface area contributed by atoms with Crippen molar-refractivity contribution in [2.45, 2.75) is 6.42 Å². The number of rotatable bonds is 4. The van der Waals surface area contributed by atoms with E-state index < -0.39 is 5.97 Å². The second-order valence-corrected chi connectivity index (χ2v) is 3.48. The number of para-hydroxylation sites is 1. The molecule has 2 rings (SSSR count). The first-order valence-corrected chi connectivity index (χ1v) is 5.09. The van der Waals surface area contributed by atoms with E-state index in [0.717, 1.165) is 5.39 Å². The summed E-state index contributed by atoms with van der Waals surface area (Å²) in [5, 5.41) is 21.2. The van der Waals surface area contributed by atoms with Gasteiger partial charge in [0.2, 0.25) is 5.76 Å². The number of carbonyl (C=O) groups is 1. The van der Waals surface area contributed by atoms with Crippen molar-refractivity contribution in [1.82, 2.24) is 0 Å². The van der Waals surface area contributed by atoms with Crippen LogP contribution in [0, 0.1) is 11.3 Å². The van der Waals surface area contributed by atoms with E-state index in [0.29, 0.717) is 11.3 Å². The molecule has 5 heteroatoms. The molecule has 5 nitrogen and oxygen atoms in total. The molecule has 0 aliphatic carbocycles. The number of aliphatic carboxylic acids is 1. The molecule has 1 heterocycles. The maximum atomic E-state index is 10.4. The molecule has 17 heavy (non-hydrogen) atoms. The molecule has 1 aromatic heterocycles. The van der Waals surface area contributed by atoms with Gasteiger partial charge in [-0.05, 0) is 12.1 Å². The normalized spacial score (nSPS) is 10.1. The average Bonchev–Trinajstić information content (AvgIpc) is 2.67. The summed E-state index contributed by atoms with van der Waals surface area (Å²) in [6.07, 6.45) is -0.00955. The predicted octanol–water partition coefficient (Wildman–Crippen LogP) is 2.19. The van der Waals surface area contributed by atoms with E-state index in [4.69, 9.17) is 14.8 Å². The van der Waals surface area contributed by atoms with Gasteiger partial charge in [-0.3, -0.25) is 4.79 Å². The molecular formula is C12H10N2O3. The number of benzene rings is 1. The Bertz CT molecular complexity index is 595. The molecule has 2 aromatic rings. The first-order valence-electron chi connectivity index (χ1n) is 5.09. The lowest BCUT2D eigenvalue weighted by Gasteiger charge is -2.01. The minimum Gasteiger partial charge on any atom is -0.481 e. The van der Waals surface area contributed by atoms with Crippen molar-refractivity contribution in [3.63, 3.8) is 0 Å². The van der Waals surface area contributed by atoms with E-state index in [1.807, 2.05) is 24.3 Å². The molecular weight excluding hydrogens is 220 g/mol. The van der Waals surface area contributed by atoms with Crippen LogP contribution in [-0.4, -0.2) is 17.6 Å². The fraction of sp³-hybridized carbons (Fsp3) is 0.167. The lowest BCUT2D eigenvalue weighted by Crippen LogP contribution is -2.07. The van der Waals surface area contributed by atoms with Gasteiger partial charge in [-0.1, -0.05) is 12.1 Å². The van der Waals surface area contributed by atoms with Crippen molar-refractivity contribution in [3.05, 3.63) is 30.0 Å². The average molecular weight is 230 g/mol. The van der Waals surface area contributed by atoms with Crippen LogP contribution in [0.1, 0.15) is 12.2 Å². The molecule has 0 saturated heterocycles. The highest BCUT2D eigenvalue weighted by molar-refractivity contribution is 5.93. The Morgan fingerprint density at radius 2 is 2.24 bits per heavy atom. The molecule has 1 aromatic carbocycles. The van der Waals surface area contributed by atoms with Crippen LogP contribution in [0.15, 0.2) is 28.7 Å². The molecule has 0 fully saturated rings. The van der Waals surface area contributed by atoms with Crippen LogP contribution in [0.25, 0.3) is 11.0 Å². The molecule has 2 N–H and O–H groups in total. The van der Waals surface area contributed by atoms with Gasteiger partial charge in [-0.15, -0.1) is 0 Å². The van der Waals surface area contributed by atoms with Crippen LogP contribution < -0.4 is 5.32 Å². The van der Waals surface area contributed by atoms with Crippen LogP contribution in [0.3, 0.4) is 0 Å². The summed E-state index contributed by atoms with van der Waals surface area (Å²) in [5.74, 6) is -0.708. The summed E-state index contributed by atoms with van der Waals surface area (Å²) in [7, 11) is 0. The molecule has 0 spiro atoms. The lowest BCUT2D eigenvalue weighted by molar-refractivity contribution is -0.136. The van der Waals surface area contributed by atoms with Crippen LogP contribution in [0.5, 0.6) is 0 Å². The first-order chi connectivity index (χ1) is 8.22. The third kappa shape index (κ3) is 2.21. The van der Waals surface area contributed by atoms with Gasteiger partial charge in [-0.2, -0.15) is 5.26 Å². The summed E-state index contributed by atoms with van der Waals surface area (Å²) >= 11 is 0. The van der Waals surface area contributed by atoms with Gasteiger partial charge in [0, 0.05) is 11.9 Å². The number of anilines is 1. The van der Waals surface area contributed by atoms with Crippen molar-refractivity contribution < 1.29 is 14.3 Å². The number of carboxylic acid groups (broad SMARTS) is 1. The Morgan fingerprint density at radius 1 is 1.47 bits per heavy atom. The fourth-order valence-corrected chi connectivity index (χ4v) is 1.59. The minimum absolute atomic E-state index is 0.00955. The quantitative estimate of drug-likeness (QED) is 0.840. The number of fused-ring (bicyclic) bond motifs is 1. The highest BCUT2D eigenvalue weighted by atomic mass is 16.4.